The second kappa shape index (κ2) is 6.47. The quantitative estimate of drug-likeness (QED) is 0.875. The smallest absolute Gasteiger partial charge is 0.408 e. The number of hydrogen-bond acceptors (Lipinski definition) is 4. The van der Waals surface area contributed by atoms with Gasteiger partial charge in [-0.15, -0.1) is 0 Å². The van der Waals surface area contributed by atoms with Crippen molar-refractivity contribution < 1.29 is 14.3 Å². The Kier molecular flexibility index (Phi) is 4.78. The molecule has 1 heterocycles. The Morgan fingerprint density at radius 2 is 1.83 bits per heavy atom. The number of hydrogen-bond donors (Lipinski definition) is 1. The van der Waals surface area contributed by atoms with E-state index in [1.165, 1.54) is 0 Å². The van der Waals surface area contributed by atoms with Crippen LogP contribution < -0.4 is 5.32 Å². The van der Waals surface area contributed by atoms with Crippen LogP contribution in [0.4, 0.5) is 4.79 Å². The highest BCUT2D eigenvalue weighted by Crippen LogP contribution is 2.25. The van der Waals surface area contributed by atoms with Crippen molar-refractivity contribution in [3.63, 3.8) is 0 Å². The molecule has 0 saturated heterocycles. The van der Waals surface area contributed by atoms with Crippen LogP contribution in [0.2, 0.25) is 0 Å². The molecule has 1 amide bonds. The van der Waals surface area contributed by atoms with E-state index in [-0.39, 0.29) is 0 Å². The maximum atomic E-state index is 12.1. The van der Waals surface area contributed by atoms with Gasteiger partial charge in [0.15, 0.2) is 6.29 Å². The number of nitrogens with one attached hydrogen (secondary N) is 1. The second-order valence-electron chi connectivity index (χ2n) is 6.85. The number of benzene rings is 1. The van der Waals surface area contributed by atoms with Gasteiger partial charge in [0.1, 0.15) is 11.1 Å². The fraction of sp³-hybridized carbons (Fsp3) is 0.389. The van der Waals surface area contributed by atoms with Crippen molar-refractivity contribution in [2.75, 3.05) is 0 Å². The first kappa shape index (κ1) is 17.7. The minimum absolute atomic E-state index is 0.571. The van der Waals surface area contributed by atoms with Crippen molar-refractivity contribution in [1.82, 2.24) is 15.1 Å². The number of amides is 1. The lowest BCUT2D eigenvalue weighted by molar-refractivity contribution is -0.113. The van der Waals surface area contributed by atoms with E-state index >= 15 is 0 Å². The molecule has 0 bridgehead atoms. The molecule has 0 fully saturated rings. The molecule has 0 aliphatic carbocycles. The van der Waals surface area contributed by atoms with Crippen LogP contribution in [0, 0.1) is 0 Å². The fourth-order valence-electron chi connectivity index (χ4n) is 2.37. The van der Waals surface area contributed by atoms with Gasteiger partial charge in [0.05, 0.1) is 11.4 Å². The van der Waals surface area contributed by atoms with E-state index in [0.717, 1.165) is 11.3 Å². The highest BCUT2D eigenvalue weighted by Gasteiger charge is 2.34. The summed E-state index contributed by atoms with van der Waals surface area (Å²) in [4.78, 5) is 23.8. The zero-order valence-corrected chi connectivity index (χ0v) is 14.7. The molecule has 1 atom stereocenters. The molecule has 0 spiro atoms. The highest BCUT2D eigenvalue weighted by atomic mass is 16.6. The van der Waals surface area contributed by atoms with E-state index in [4.69, 9.17) is 4.74 Å². The van der Waals surface area contributed by atoms with E-state index in [0.29, 0.717) is 12.0 Å². The molecular weight excluding hydrogens is 306 g/mol. The number of aryl methyl sites for hydroxylation is 1. The maximum absolute atomic E-state index is 12.1. The predicted octanol–water partition coefficient (Wildman–Crippen LogP) is 3.03. The number of ether oxygens (including phenoxy) is 1. The van der Waals surface area contributed by atoms with E-state index in [1.807, 2.05) is 30.3 Å². The Bertz CT molecular complexity index is 732. The van der Waals surface area contributed by atoms with Crippen LogP contribution in [0.5, 0.6) is 0 Å². The van der Waals surface area contributed by atoms with Gasteiger partial charge in [0.25, 0.3) is 0 Å². The maximum Gasteiger partial charge on any atom is 0.408 e. The molecule has 2 aromatic rings. The predicted molar refractivity (Wildman–Crippen MR) is 91.4 cm³/mol. The Balaban J connectivity index is 2.32. The van der Waals surface area contributed by atoms with E-state index in [1.54, 1.807) is 45.5 Å². The zero-order valence-electron chi connectivity index (χ0n) is 14.7. The molecule has 1 unspecified atom stereocenters. The van der Waals surface area contributed by atoms with Gasteiger partial charge in [-0.1, -0.05) is 30.3 Å². The normalized spacial score (nSPS) is 13.9. The van der Waals surface area contributed by atoms with Crippen molar-refractivity contribution in [2.24, 2.45) is 7.05 Å². The summed E-state index contributed by atoms with van der Waals surface area (Å²) in [6.07, 6.45) is 0.0301. The molecule has 0 aliphatic rings. The molecule has 24 heavy (non-hydrogen) atoms. The van der Waals surface area contributed by atoms with Crippen molar-refractivity contribution in [1.29, 1.82) is 0 Å². The first-order valence-corrected chi connectivity index (χ1v) is 7.72. The minimum atomic E-state index is -1.24. The number of carbonyl (C=O) groups is 2. The molecule has 6 nitrogen and oxygen atoms in total. The highest BCUT2D eigenvalue weighted by molar-refractivity contribution is 5.78. The Hall–Kier alpha value is -2.63. The molecule has 1 aromatic carbocycles. The Morgan fingerprint density at radius 1 is 1.21 bits per heavy atom. The molecule has 1 aromatic heterocycles. The van der Waals surface area contributed by atoms with Gasteiger partial charge in [-0.2, -0.15) is 5.10 Å². The van der Waals surface area contributed by atoms with Crippen molar-refractivity contribution in [2.45, 2.75) is 38.8 Å². The molecule has 1 N–H and O–H groups in total. The lowest BCUT2D eigenvalue weighted by Gasteiger charge is -2.27. The standard InChI is InChI=1S/C18H23N3O3/c1-17(2,3)24-16(23)19-18(4,12-22)15-11-14(20-21(15)5)13-9-7-6-8-10-13/h6-12H,1-5H3,(H,19,23). The van der Waals surface area contributed by atoms with Crippen LogP contribution in [-0.4, -0.2) is 27.8 Å². The van der Waals surface area contributed by atoms with Crippen LogP contribution in [0.15, 0.2) is 36.4 Å². The van der Waals surface area contributed by atoms with Gasteiger partial charge >= 0.3 is 6.09 Å². The molecular formula is C18H23N3O3. The minimum Gasteiger partial charge on any atom is -0.444 e. The number of carbonyl (C=O) groups excluding carboxylic acids is 2. The number of aromatic nitrogens is 2. The first-order valence-electron chi connectivity index (χ1n) is 7.72. The average Bonchev–Trinajstić information content (AvgIpc) is 2.88. The van der Waals surface area contributed by atoms with Gasteiger partial charge < -0.3 is 14.8 Å². The number of aldehydes is 1. The summed E-state index contributed by atoms with van der Waals surface area (Å²) in [6.45, 7) is 6.92. The van der Waals surface area contributed by atoms with Gasteiger partial charge in [0.2, 0.25) is 0 Å². The van der Waals surface area contributed by atoms with Gasteiger partial charge in [-0.05, 0) is 33.8 Å². The summed E-state index contributed by atoms with van der Waals surface area (Å²) in [7, 11) is 1.74. The van der Waals surface area contributed by atoms with Crippen molar-refractivity contribution in [3.8, 4) is 11.3 Å². The second-order valence-corrected chi connectivity index (χ2v) is 6.85. The van der Waals surface area contributed by atoms with Crippen LogP contribution in [-0.2, 0) is 22.1 Å². The summed E-state index contributed by atoms with van der Waals surface area (Å²) in [5.41, 5.74) is 0.353. The number of nitrogens with zero attached hydrogens (tertiary/aromatic N) is 2. The summed E-state index contributed by atoms with van der Waals surface area (Å²) < 4.78 is 6.84. The largest absolute Gasteiger partial charge is 0.444 e. The molecule has 0 saturated carbocycles. The van der Waals surface area contributed by atoms with E-state index in [2.05, 4.69) is 10.4 Å². The Morgan fingerprint density at radius 3 is 2.38 bits per heavy atom. The number of rotatable bonds is 4. The van der Waals surface area contributed by atoms with E-state index < -0.39 is 17.2 Å². The monoisotopic (exact) mass is 329 g/mol. The lowest BCUT2D eigenvalue weighted by Crippen LogP contribution is -2.48. The Labute approximate surface area is 141 Å². The van der Waals surface area contributed by atoms with Gasteiger partial charge in [-0.3, -0.25) is 4.68 Å². The van der Waals surface area contributed by atoms with Crippen LogP contribution in [0.3, 0.4) is 0 Å². The molecule has 0 radical (unpaired) electrons. The molecule has 6 heteroatoms. The zero-order chi connectivity index (χ0) is 18.0. The van der Waals surface area contributed by atoms with Crippen molar-refractivity contribution >= 4 is 12.4 Å². The number of alkyl carbamates (subject to hydrolysis) is 1. The first-order chi connectivity index (χ1) is 11.1. The van der Waals surface area contributed by atoms with Gasteiger partial charge in [0, 0.05) is 12.6 Å². The molecule has 0 aliphatic heterocycles. The van der Waals surface area contributed by atoms with Crippen LogP contribution >= 0.6 is 0 Å². The topological polar surface area (TPSA) is 73.2 Å². The molecule has 128 valence electrons. The lowest BCUT2D eigenvalue weighted by atomic mass is 9.99. The van der Waals surface area contributed by atoms with Crippen LogP contribution in [0.25, 0.3) is 11.3 Å². The average molecular weight is 329 g/mol. The third-order valence-corrected chi connectivity index (χ3v) is 3.48. The fourth-order valence-corrected chi connectivity index (χ4v) is 2.37. The molecule has 2 rings (SSSR count). The summed E-state index contributed by atoms with van der Waals surface area (Å²) in [6, 6.07) is 11.4. The van der Waals surface area contributed by atoms with Crippen molar-refractivity contribution in [3.05, 3.63) is 42.1 Å². The van der Waals surface area contributed by atoms with Crippen LogP contribution in [0.1, 0.15) is 33.4 Å². The summed E-state index contributed by atoms with van der Waals surface area (Å²) >= 11 is 0. The third kappa shape index (κ3) is 4.01. The summed E-state index contributed by atoms with van der Waals surface area (Å²) in [5, 5.41) is 7.07. The van der Waals surface area contributed by atoms with E-state index in [9.17, 15) is 9.59 Å². The SMILES string of the molecule is Cn1nc(-c2ccccc2)cc1C(C)(C=O)NC(=O)OC(C)(C)C. The third-order valence-electron chi connectivity index (χ3n) is 3.48. The summed E-state index contributed by atoms with van der Waals surface area (Å²) in [5.74, 6) is 0. The van der Waals surface area contributed by atoms with Gasteiger partial charge in [-0.25, -0.2) is 4.79 Å².